The molecule has 0 bridgehead atoms. The maximum absolute atomic E-state index is 14.8. The van der Waals surface area contributed by atoms with Gasteiger partial charge in [0, 0.05) is 44.7 Å². The predicted molar refractivity (Wildman–Crippen MR) is 127 cm³/mol. The van der Waals surface area contributed by atoms with Gasteiger partial charge in [-0.05, 0) is 70.0 Å². The minimum atomic E-state index is -1.54. The molecule has 1 fully saturated rings. The zero-order valence-corrected chi connectivity index (χ0v) is 20.7. The number of piperidine rings is 1. The Bertz CT molecular complexity index is 746. The summed E-state index contributed by atoms with van der Waals surface area (Å²) in [6.45, 7) is 6.61. The highest BCUT2D eigenvalue weighted by molar-refractivity contribution is 5.76. The molecular formula is C26H42F2N2O3. The second-order valence-electron chi connectivity index (χ2n) is 9.91. The molecule has 188 valence electrons. The van der Waals surface area contributed by atoms with Gasteiger partial charge in [0.2, 0.25) is 5.91 Å². The topological polar surface area (TPSA) is 61.8 Å². The summed E-state index contributed by atoms with van der Waals surface area (Å²) in [6, 6.07) is 3.98. The predicted octanol–water partition coefficient (Wildman–Crippen LogP) is 4.48. The van der Waals surface area contributed by atoms with E-state index < -0.39 is 17.2 Å². The second kappa shape index (κ2) is 13.4. The van der Waals surface area contributed by atoms with Crippen LogP contribution >= 0.6 is 0 Å². The van der Waals surface area contributed by atoms with Crippen molar-refractivity contribution >= 4 is 5.91 Å². The number of hydrogen-bond donors (Lipinski definition) is 2. The highest BCUT2D eigenvalue weighted by Crippen LogP contribution is 2.41. The van der Waals surface area contributed by atoms with E-state index >= 15 is 0 Å². The Kier molecular flexibility index (Phi) is 11.2. The van der Waals surface area contributed by atoms with Crippen molar-refractivity contribution in [2.75, 3.05) is 40.4 Å². The number of aliphatic hydroxyl groups is 1. The van der Waals surface area contributed by atoms with Gasteiger partial charge < -0.3 is 20.1 Å². The minimum Gasteiger partial charge on any atom is -0.385 e. The molecule has 1 saturated heterocycles. The van der Waals surface area contributed by atoms with Crippen molar-refractivity contribution in [3.05, 3.63) is 35.4 Å². The summed E-state index contributed by atoms with van der Waals surface area (Å²) in [5.74, 6) is -1.50. The maximum Gasteiger partial charge on any atom is 0.222 e. The van der Waals surface area contributed by atoms with Crippen molar-refractivity contribution in [3.8, 4) is 0 Å². The first-order chi connectivity index (χ1) is 15.7. The molecule has 0 saturated carbocycles. The number of hydrogen-bond acceptors (Lipinski definition) is 4. The van der Waals surface area contributed by atoms with Crippen LogP contribution < -0.4 is 5.32 Å². The normalized spacial score (nSPS) is 19.5. The summed E-state index contributed by atoms with van der Waals surface area (Å²) in [5, 5.41) is 15.0. The fraction of sp³-hybridized carbons (Fsp3) is 0.731. The second-order valence-corrected chi connectivity index (χ2v) is 9.91. The number of halogens is 2. The zero-order chi connectivity index (χ0) is 24.4. The monoisotopic (exact) mass is 468 g/mol. The largest absolute Gasteiger partial charge is 0.385 e. The summed E-state index contributed by atoms with van der Waals surface area (Å²) in [6.07, 6.45) is 4.42. The van der Waals surface area contributed by atoms with Crippen LogP contribution in [-0.2, 0) is 15.1 Å². The standard InChI is InChI=1S/C26H42F2N2O3/c1-19(2)15-20(17-29-3)16-24(31)30-13-8-9-21(18-30)26(32,12-5-6-14-33-4)22-10-7-11-23(27)25(22)28/h7,10-11,19-21,29,32H,5-6,8-9,12-18H2,1-4H3/t20-,21-,26+/m1/s1. The van der Waals surface area contributed by atoms with E-state index in [4.69, 9.17) is 4.74 Å². The molecule has 1 aromatic rings. The van der Waals surface area contributed by atoms with Gasteiger partial charge in [0.25, 0.3) is 0 Å². The number of rotatable bonds is 13. The van der Waals surface area contributed by atoms with Crippen LogP contribution in [0.25, 0.3) is 0 Å². The Morgan fingerprint density at radius 2 is 2.09 bits per heavy atom. The number of nitrogens with zero attached hydrogens (tertiary/aromatic N) is 1. The molecule has 2 N–H and O–H groups in total. The fourth-order valence-corrected chi connectivity index (χ4v) is 5.20. The average molecular weight is 469 g/mol. The number of ether oxygens (including phenoxy) is 1. The van der Waals surface area contributed by atoms with Gasteiger partial charge in [0.15, 0.2) is 11.6 Å². The average Bonchev–Trinajstić information content (AvgIpc) is 2.78. The maximum atomic E-state index is 14.8. The smallest absolute Gasteiger partial charge is 0.222 e. The Hall–Kier alpha value is -1.57. The molecule has 1 aliphatic rings. The third kappa shape index (κ3) is 7.72. The summed E-state index contributed by atoms with van der Waals surface area (Å²) < 4.78 is 34.0. The number of benzene rings is 1. The summed E-state index contributed by atoms with van der Waals surface area (Å²) in [5.41, 5.74) is -1.55. The third-order valence-electron chi connectivity index (χ3n) is 6.78. The van der Waals surface area contributed by atoms with Crippen molar-refractivity contribution in [3.63, 3.8) is 0 Å². The quantitative estimate of drug-likeness (QED) is 0.419. The van der Waals surface area contributed by atoms with E-state index in [9.17, 15) is 18.7 Å². The van der Waals surface area contributed by atoms with Crippen LogP contribution in [0.1, 0.15) is 64.4 Å². The molecule has 0 spiro atoms. The number of unbranched alkanes of at least 4 members (excludes halogenated alkanes) is 1. The molecule has 0 aromatic heterocycles. The molecule has 0 aliphatic carbocycles. The first-order valence-corrected chi connectivity index (χ1v) is 12.3. The Labute approximate surface area is 197 Å². The molecule has 1 heterocycles. The van der Waals surface area contributed by atoms with Gasteiger partial charge in [-0.25, -0.2) is 8.78 Å². The lowest BCUT2D eigenvalue weighted by Crippen LogP contribution is -2.49. The van der Waals surface area contributed by atoms with E-state index in [-0.39, 0.29) is 23.3 Å². The van der Waals surface area contributed by atoms with Gasteiger partial charge in [0.1, 0.15) is 0 Å². The zero-order valence-electron chi connectivity index (χ0n) is 20.7. The number of carbonyl (C=O) groups is 1. The van der Waals surface area contributed by atoms with Crippen LogP contribution in [0.2, 0.25) is 0 Å². The molecule has 2 rings (SSSR count). The number of carbonyl (C=O) groups excluding carboxylic acids is 1. The lowest BCUT2D eigenvalue weighted by molar-refractivity contribution is -0.138. The Morgan fingerprint density at radius 1 is 1.33 bits per heavy atom. The van der Waals surface area contributed by atoms with Gasteiger partial charge in [-0.3, -0.25) is 4.79 Å². The van der Waals surface area contributed by atoms with Gasteiger partial charge in [-0.15, -0.1) is 0 Å². The summed E-state index contributed by atoms with van der Waals surface area (Å²) in [7, 11) is 3.51. The third-order valence-corrected chi connectivity index (χ3v) is 6.78. The van der Waals surface area contributed by atoms with Gasteiger partial charge >= 0.3 is 0 Å². The molecule has 0 radical (unpaired) electrons. The summed E-state index contributed by atoms with van der Waals surface area (Å²) >= 11 is 0. The number of likely N-dealkylation sites (tertiary alicyclic amines) is 1. The van der Waals surface area contributed by atoms with Crippen LogP contribution in [0.4, 0.5) is 8.78 Å². The van der Waals surface area contributed by atoms with Crippen molar-refractivity contribution in [2.24, 2.45) is 17.8 Å². The molecule has 1 amide bonds. The van der Waals surface area contributed by atoms with Gasteiger partial charge in [0.05, 0.1) is 5.60 Å². The van der Waals surface area contributed by atoms with E-state index in [0.717, 1.165) is 25.5 Å². The molecule has 7 heteroatoms. The fourth-order valence-electron chi connectivity index (χ4n) is 5.20. The van der Waals surface area contributed by atoms with Crippen molar-refractivity contribution in [1.29, 1.82) is 0 Å². The minimum absolute atomic E-state index is 0.00733. The molecule has 1 aromatic carbocycles. The number of nitrogens with one attached hydrogen (secondary N) is 1. The van der Waals surface area contributed by atoms with Crippen molar-refractivity contribution < 1.29 is 23.4 Å². The van der Waals surface area contributed by atoms with Gasteiger partial charge in [-0.1, -0.05) is 26.0 Å². The van der Waals surface area contributed by atoms with Crippen molar-refractivity contribution in [2.45, 2.75) is 64.4 Å². The van der Waals surface area contributed by atoms with Crippen LogP contribution in [0.15, 0.2) is 18.2 Å². The number of methoxy groups -OCH3 is 1. The van der Waals surface area contributed by atoms with E-state index in [1.54, 1.807) is 7.11 Å². The molecule has 33 heavy (non-hydrogen) atoms. The first-order valence-electron chi connectivity index (χ1n) is 12.3. The Morgan fingerprint density at radius 3 is 2.76 bits per heavy atom. The lowest BCUT2D eigenvalue weighted by atomic mass is 9.73. The van der Waals surface area contributed by atoms with Gasteiger partial charge in [-0.2, -0.15) is 0 Å². The lowest BCUT2D eigenvalue weighted by Gasteiger charge is -2.43. The van der Waals surface area contributed by atoms with Crippen LogP contribution in [-0.4, -0.2) is 56.3 Å². The summed E-state index contributed by atoms with van der Waals surface area (Å²) in [4.78, 5) is 15.0. The van der Waals surface area contributed by atoms with E-state index in [0.29, 0.717) is 57.7 Å². The molecule has 5 nitrogen and oxygen atoms in total. The molecule has 1 aliphatic heterocycles. The molecule has 0 unspecified atom stereocenters. The Balaban J connectivity index is 2.21. The highest BCUT2D eigenvalue weighted by Gasteiger charge is 2.43. The number of amides is 1. The highest BCUT2D eigenvalue weighted by atomic mass is 19.2. The van der Waals surface area contributed by atoms with E-state index in [1.807, 2.05) is 11.9 Å². The van der Waals surface area contributed by atoms with Crippen LogP contribution in [0.3, 0.4) is 0 Å². The van der Waals surface area contributed by atoms with E-state index in [1.165, 1.54) is 12.1 Å². The first kappa shape index (κ1) is 27.7. The SMILES string of the molecule is CNC[C@@H](CC(=O)N1CCC[C@@H]([C@@](O)(CCCCOC)c2cccc(F)c2F)C1)CC(C)C. The van der Waals surface area contributed by atoms with Crippen molar-refractivity contribution in [1.82, 2.24) is 10.2 Å². The van der Waals surface area contributed by atoms with Crippen LogP contribution in [0.5, 0.6) is 0 Å². The van der Waals surface area contributed by atoms with E-state index in [2.05, 4.69) is 19.2 Å². The van der Waals surface area contributed by atoms with Crippen LogP contribution in [0, 0.1) is 29.4 Å². The molecule has 3 atom stereocenters. The molecular weight excluding hydrogens is 426 g/mol.